The molecule has 0 unspecified atom stereocenters. The van der Waals surface area contributed by atoms with Crippen molar-refractivity contribution < 1.29 is 26.5 Å². The van der Waals surface area contributed by atoms with Crippen molar-refractivity contribution in [2.75, 3.05) is 18.6 Å². The number of hydrogen-bond acceptors (Lipinski definition) is 7. The maximum absolute atomic E-state index is 11.9. The minimum absolute atomic E-state index is 0.232. The zero-order chi connectivity index (χ0) is 15.6. The van der Waals surface area contributed by atoms with Crippen LogP contribution in [0.1, 0.15) is 0 Å². The fraction of sp³-hybridized carbons (Fsp3) is 0.333. The molecule has 0 amide bonds. The molecule has 1 rings (SSSR count). The van der Waals surface area contributed by atoms with Crippen molar-refractivity contribution in [3.8, 4) is 5.75 Å². The van der Waals surface area contributed by atoms with Crippen molar-refractivity contribution in [3.63, 3.8) is 0 Å². The minimum atomic E-state index is -3.95. The smallest absolute Gasteiger partial charge is 0.310 e. The van der Waals surface area contributed by atoms with E-state index >= 15 is 0 Å². The molecule has 0 bridgehead atoms. The van der Waals surface area contributed by atoms with Crippen LogP contribution < -0.4 is 4.74 Å². The summed E-state index contributed by atoms with van der Waals surface area (Å²) in [5, 5.41) is 10.7. The molecule has 0 fully saturated rings. The van der Waals surface area contributed by atoms with Crippen LogP contribution in [-0.2, 0) is 18.9 Å². The van der Waals surface area contributed by atoms with E-state index in [1.165, 1.54) is 0 Å². The Bertz CT molecular complexity index is 727. The van der Waals surface area contributed by atoms with Crippen LogP contribution in [0.3, 0.4) is 0 Å². The summed E-state index contributed by atoms with van der Waals surface area (Å²) < 4.78 is 50.0. The number of methoxy groups -OCH3 is 1. The standard InChI is InChI=1S/C9H10ClNO7S2/c1-18-9-6-7(2-3-8(9)11(12)13)19(14,15)4-5-20(10,16)17/h2-3,6H,4-5H2,1H3. The van der Waals surface area contributed by atoms with Crippen LogP contribution in [-0.4, -0.2) is 40.4 Å². The first-order valence-corrected chi connectivity index (χ1v) is 9.17. The third kappa shape index (κ3) is 4.32. The number of nitro benzene ring substituents is 1. The molecule has 8 nitrogen and oxygen atoms in total. The fourth-order valence-electron chi connectivity index (χ4n) is 1.33. The van der Waals surface area contributed by atoms with Gasteiger partial charge in [0, 0.05) is 22.8 Å². The van der Waals surface area contributed by atoms with E-state index in [9.17, 15) is 26.9 Å². The molecule has 0 saturated heterocycles. The Morgan fingerprint density at radius 3 is 2.30 bits per heavy atom. The van der Waals surface area contributed by atoms with Crippen LogP contribution in [0.25, 0.3) is 0 Å². The molecular weight excluding hydrogens is 334 g/mol. The first kappa shape index (κ1) is 16.7. The molecule has 0 radical (unpaired) electrons. The van der Waals surface area contributed by atoms with Crippen LogP contribution in [0.2, 0.25) is 0 Å². The summed E-state index contributed by atoms with van der Waals surface area (Å²) in [4.78, 5) is 9.68. The third-order valence-electron chi connectivity index (χ3n) is 2.30. The van der Waals surface area contributed by atoms with E-state index in [2.05, 4.69) is 0 Å². The Morgan fingerprint density at radius 1 is 1.25 bits per heavy atom. The highest BCUT2D eigenvalue weighted by Crippen LogP contribution is 2.29. The first-order chi connectivity index (χ1) is 9.07. The molecule has 0 aromatic heterocycles. The van der Waals surface area contributed by atoms with Crippen LogP contribution in [0.5, 0.6) is 5.75 Å². The fourth-order valence-corrected chi connectivity index (χ4v) is 4.37. The lowest BCUT2D eigenvalue weighted by Gasteiger charge is -2.06. The Labute approximate surface area is 119 Å². The number of halogens is 1. The van der Waals surface area contributed by atoms with Crippen LogP contribution >= 0.6 is 10.7 Å². The zero-order valence-corrected chi connectivity index (χ0v) is 12.5. The molecule has 112 valence electrons. The molecule has 0 saturated carbocycles. The van der Waals surface area contributed by atoms with E-state index in [-0.39, 0.29) is 10.6 Å². The summed E-state index contributed by atoms with van der Waals surface area (Å²) in [5.74, 6) is -1.71. The largest absolute Gasteiger partial charge is 0.490 e. The second-order valence-corrected chi connectivity index (χ2v) is 8.66. The van der Waals surface area contributed by atoms with Crippen LogP contribution in [0, 0.1) is 10.1 Å². The van der Waals surface area contributed by atoms with E-state index in [0.29, 0.717) is 0 Å². The molecule has 1 aromatic carbocycles. The maximum atomic E-state index is 11.9. The van der Waals surface area contributed by atoms with Gasteiger partial charge in [-0.1, -0.05) is 0 Å². The number of sulfone groups is 1. The van der Waals surface area contributed by atoms with Gasteiger partial charge in [0.2, 0.25) is 9.05 Å². The molecule has 1 aromatic rings. The number of nitro groups is 1. The maximum Gasteiger partial charge on any atom is 0.310 e. The lowest BCUT2D eigenvalue weighted by Crippen LogP contribution is -2.14. The Morgan fingerprint density at radius 2 is 1.85 bits per heavy atom. The van der Waals surface area contributed by atoms with Crippen molar-refractivity contribution in [2.45, 2.75) is 4.90 Å². The number of rotatable bonds is 6. The summed E-state index contributed by atoms with van der Waals surface area (Å²) in [6.45, 7) is 0. The third-order valence-corrected chi connectivity index (χ3v) is 5.43. The van der Waals surface area contributed by atoms with E-state index in [1.54, 1.807) is 0 Å². The van der Waals surface area contributed by atoms with Crippen molar-refractivity contribution in [2.24, 2.45) is 0 Å². The molecule has 0 spiro atoms. The highest BCUT2D eigenvalue weighted by atomic mass is 35.7. The summed E-state index contributed by atoms with van der Waals surface area (Å²) in [6.07, 6.45) is 0. The predicted octanol–water partition coefficient (Wildman–Crippen LogP) is 0.946. The van der Waals surface area contributed by atoms with Gasteiger partial charge in [-0.3, -0.25) is 10.1 Å². The van der Waals surface area contributed by atoms with Gasteiger partial charge in [-0.2, -0.15) is 0 Å². The van der Waals surface area contributed by atoms with Crippen molar-refractivity contribution in [1.29, 1.82) is 0 Å². The summed E-state index contributed by atoms with van der Waals surface area (Å²) in [6, 6.07) is 2.95. The number of hydrogen-bond donors (Lipinski definition) is 0. The van der Waals surface area contributed by atoms with Gasteiger partial charge in [0.25, 0.3) is 0 Å². The highest BCUT2D eigenvalue weighted by molar-refractivity contribution is 8.14. The van der Waals surface area contributed by atoms with Crippen LogP contribution in [0.4, 0.5) is 5.69 Å². The van der Waals surface area contributed by atoms with Gasteiger partial charge in [0.1, 0.15) is 0 Å². The molecule has 0 heterocycles. The topological polar surface area (TPSA) is 121 Å². The number of ether oxygens (including phenoxy) is 1. The minimum Gasteiger partial charge on any atom is -0.490 e. The number of benzene rings is 1. The number of nitrogens with zero attached hydrogens (tertiary/aromatic N) is 1. The summed E-state index contributed by atoms with van der Waals surface area (Å²) in [7, 11) is -1.78. The lowest BCUT2D eigenvalue weighted by atomic mass is 10.3. The van der Waals surface area contributed by atoms with Gasteiger partial charge < -0.3 is 4.74 Å². The lowest BCUT2D eigenvalue weighted by molar-refractivity contribution is -0.385. The van der Waals surface area contributed by atoms with Gasteiger partial charge in [0.15, 0.2) is 15.6 Å². The average Bonchev–Trinajstić information content (AvgIpc) is 2.34. The van der Waals surface area contributed by atoms with E-state index in [4.69, 9.17) is 15.4 Å². The quantitative estimate of drug-likeness (QED) is 0.428. The van der Waals surface area contributed by atoms with Crippen molar-refractivity contribution in [3.05, 3.63) is 28.3 Å². The van der Waals surface area contributed by atoms with Gasteiger partial charge in [-0.25, -0.2) is 16.8 Å². The Kier molecular flexibility index (Phi) is 4.95. The SMILES string of the molecule is COc1cc(S(=O)(=O)CCS(=O)(=O)Cl)ccc1[N+](=O)[O-]. The Hall–Kier alpha value is -1.39. The van der Waals surface area contributed by atoms with Crippen molar-refractivity contribution >= 4 is 35.3 Å². The highest BCUT2D eigenvalue weighted by Gasteiger charge is 2.22. The van der Waals surface area contributed by atoms with Gasteiger partial charge in [0.05, 0.1) is 28.4 Å². The summed E-state index contributed by atoms with van der Waals surface area (Å²) in [5.41, 5.74) is -0.392. The van der Waals surface area contributed by atoms with Crippen molar-refractivity contribution in [1.82, 2.24) is 0 Å². The van der Waals surface area contributed by atoms with E-state index in [0.717, 1.165) is 25.3 Å². The summed E-state index contributed by atoms with van der Waals surface area (Å²) >= 11 is 0. The van der Waals surface area contributed by atoms with Crippen LogP contribution in [0.15, 0.2) is 23.1 Å². The first-order valence-electron chi connectivity index (χ1n) is 5.04. The zero-order valence-electron chi connectivity index (χ0n) is 10.1. The molecule has 0 atom stereocenters. The predicted molar refractivity (Wildman–Crippen MR) is 71.3 cm³/mol. The molecular formula is C9H10ClNO7S2. The van der Waals surface area contributed by atoms with Gasteiger partial charge in [-0.05, 0) is 6.07 Å². The van der Waals surface area contributed by atoms with E-state index in [1.807, 2.05) is 0 Å². The molecule has 0 aliphatic rings. The second kappa shape index (κ2) is 5.94. The molecule has 20 heavy (non-hydrogen) atoms. The van der Waals surface area contributed by atoms with Gasteiger partial charge in [-0.15, -0.1) is 0 Å². The monoisotopic (exact) mass is 343 g/mol. The molecule has 0 aliphatic carbocycles. The van der Waals surface area contributed by atoms with Gasteiger partial charge >= 0.3 is 5.69 Å². The second-order valence-electron chi connectivity index (χ2n) is 3.65. The molecule has 0 N–H and O–H groups in total. The average molecular weight is 344 g/mol. The Balaban J connectivity index is 3.17. The van der Waals surface area contributed by atoms with E-state index < -0.39 is 41.0 Å². The molecule has 11 heteroatoms. The molecule has 0 aliphatic heterocycles. The normalized spacial score (nSPS) is 12.1.